The van der Waals surface area contributed by atoms with E-state index in [9.17, 15) is 76.6 Å². The molecule has 0 amide bonds. The van der Waals surface area contributed by atoms with E-state index in [-0.39, 0.29) is 47.2 Å². The Bertz CT molecular complexity index is 2370. The number of fused-ring (bicyclic) bond motifs is 7. The number of carbonyl (C=O) groups excluding carboxylic acids is 1. The first-order valence-corrected chi connectivity index (χ1v) is 30.6. The average Bonchev–Trinajstić information content (AvgIpc) is 0.692. The molecule has 0 aromatic carbocycles. The van der Waals surface area contributed by atoms with Gasteiger partial charge in [-0.3, -0.25) is 4.79 Å². The minimum absolute atomic E-state index is 0.0670. The zero-order valence-corrected chi connectivity index (χ0v) is 49.8. The summed E-state index contributed by atoms with van der Waals surface area (Å²) >= 11 is 0. The van der Waals surface area contributed by atoms with Gasteiger partial charge in [-0.2, -0.15) is 0 Å². The maximum absolute atomic E-state index is 15.2. The molecule has 5 heterocycles. The third kappa shape index (κ3) is 11.1. The van der Waals surface area contributed by atoms with Crippen LogP contribution in [0.5, 0.6) is 0 Å². The molecule has 10 aliphatic rings. The Morgan fingerprint density at radius 2 is 1.14 bits per heavy atom. The summed E-state index contributed by atoms with van der Waals surface area (Å²) < 4.78 is 59.4. The summed E-state index contributed by atoms with van der Waals surface area (Å²) in [6.45, 7) is 14.3. The van der Waals surface area contributed by atoms with Crippen molar-refractivity contribution < 1.29 is 129 Å². The zero-order valence-electron chi connectivity index (χ0n) is 49.8. The van der Waals surface area contributed by atoms with Gasteiger partial charge in [0, 0.05) is 5.41 Å². The Morgan fingerprint density at radius 1 is 0.565 bits per heavy atom. The Morgan fingerprint density at radius 3 is 1.76 bits per heavy atom. The molecule has 0 aromatic rings. The van der Waals surface area contributed by atoms with Crippen molar-refractivity contribution in [3.05, 3.63) is 11.6 Å². The molecule has 9 fully saturated rings. The molecule has 5 aliphatic carbocycles. The molecular weight excluding hydrogens is 1120 g/mol. The fourth-order valence-electron chi connectivity index (χ4n) is 17.5. The summed E-state index contributed by atoms with van der Waals surface area (Å²) in [6.07, 6.45) is -29.6. The van der Waals surface area contributed by atoms with Gasteiger partial charge in [-0.1, -0.05) is 53.2 Å². The lowest BCUT2D eigenvalue weighted by molar-refractivity contribution is -0.365. The predicted molar refractivity (Wildman–Crippen MR) is 288 cm³/mol. The summed E-state index contributed by atoms with van der Waals surface area (Å²) in [7, 11) is 0. The smallest absolute Gasteiger partial charge is 0.315 e. The highest BCUT2D eigenvalue weighted by atomic mass is 16.8. The van der Waals surface area contributed by atoms with Crippen molar-refractivity contribution in [3.8, 4) is 0 Å². The Kier molecular flexibility index (Phi) is 19.0. The minimum Gasteiger partial charge on any atom is -0.432 e. The molecule has 4 saturated carbocycles. The maximum atomic E-state index is 15.2. The van der Waals surface area contributed by atoms with Gasteiger partial charge in [-0.05, 0) is 117 Å². The zero-order chi connectivity index (χ0) is 62.0. The van der Waals surface area contributed by atoms with Crippen LogP contribution < -0.4 is 0 Å². The van der Waals surface area contributed by atoms with E-state index < -0.39 is 189 Å². The SMILES string of the molecule is C[C@H]1O[C@H](O[C@@H]2[C@@H](O[C@@H]3CC[C@]4(C)[C@H](CC[C@@]5(C)[C@H]4CC=C4[C@H]6CC(C)(C)CC[C@@]6(C(=O)O[C@H]6O[C@@H](CO[C@H]7O[C@@H](CO)[C@H](O[C@H]8O[C@H](C)[C@@H](O)[C@H](O)[C@@H]8O)[C@@H](O)[C@@H]7O)[C@H](O)[C@@H](O)[C@@H]6O)CC[C@@]45C)[C@@]3(C)CO)OC[C@@H](O)[C@H]2O)[C@@H](O)[C@@H](O)[C@@H]1O. The molecule has 33 atom stereocenters. The molecule has 5 saturated heterocycles. The molecule has 5 aliphatic heterocycles. The van der Waals surface area contributed by atoms with Crippen molar-refractivity contribution in [2.75, 3.05) is 26.4 Å². The van der Waals surface area contributed by atoms with Crippen LogP contribution in [0.3, 0.4) is 0 Å². The van der Waals surface area contributed by atoms with E-state index in [1.54, 1.807) is 0 Å². The number of hydrogen-bond acceptors (Lipinski definition) is 26. The standard InChI is InChI=1S/C59H96O26/c1-24-34(63)38(67)42(71)49(78-24)83-46-29(20-60)80-48(45(74)41(46)70)77-22-30-37(66)40(69)44(73)51(81-30)85-53(75)59-17-15-54(3,4)19-27(59)26-9-10-32-55(5)13-12-33(56(6,23-61)31(55)11-14-58(32,8)57(26,7)16-18-59)82-52-47(36(65)28(62)21-76-52)84-50-43(72)39(68)35(64)25(2)79-50/h9,24-25,27-52,60-74H,10-23H2,1-8H3/t24-,25-,27-,28-,29+,30+,31+,32+,33-,34-,35-,36-,37+,38+,39+,40-,41+,42+,43+,44+,45+,46+,47+,48+,49-,50-,51-,52-,55-,56-,57+,58+,59-/m1/s1. The third-order valence-corrected chi connectivity index (χ3v) is 23.2. The van der Waals surface area contributed by atoms with E-state index >= 15 is 4.79 Å². The van der Waals surface area contributed by atoms with E-state index in [0.29, 0.717) is 51.4 Å². The van der Waals surface area contributed by atoms with Crippen LogP contribution in [0.4, 0.5) is 0 Å². The van der Waals surface area contributed by atoms with Crippen molar-refractivity contribution in [2.24, 2.45) is 50.2 Å². The Balaban J connectivity index is 0.833. The molecule has 488 valence electrons. The first-order valence-electron chi connectivity index (χ1n) is 30.6. The van der Waals surface area contributed by atoms with Gasteiger partial charge >= 0.3 is 5.97 Å². The summed E-state index contributed by atoms with van der Waals surface area (Å²) in [6, 6.07) is 0. The van der Waals surface area contributed by atoms with Crippen LogP contribution in [0, 0.1) is 50.2 Å². The first kappa shape index (κ1) is 66.2. The van der Waals surface area contributed by atoms with Crippen LogP contribution in [-0.4, -0.2) is 263 Å². The number of ether oxygens (including phenoxy) is 10. The fourth-order valence-corrected chi connectivity index (χ4v) is 17.5. The van der Waals surface area contributed by atoms with Crippen LogP contribution in [0.1, 0.15) is 120 Å². The van der Waals surface area contributed by atoms with Crippen LogP contribution in [-0.2, 0) is 52.2 Å². The Hall–Kier alpha value is -1.75. The third-order valence-electron chi connectivity index (χ3n) is 23.2. The molecule has 0 radical (unpaired) electrons. The van der Waals surface area contributed by atoms with Gasteiger partial charge in [-0.15, -0.1) is 0 Å². The lowest BCUT2D eigenvalue weighted by atomic mass is 9.33. The summed E-state index contributed by atoms with van der Waals surface area (Å²) in [5.41, 5.74) is -1.93. The van der Waals surface area contributed by atoms with Crippen molar-refractivity contribution in [2.45, 2.75) is 273 Å². The molecule has 15 N–H and O–H groups in total. The van der Waals surface area contributed by atoms with Crippen molar-refractivity contribution in [3.63, 3.8) is 0 Å². The largest absolute Gasteiger partial charge is 0.432 e. The monoisotopic (exact) mass is 1220 g/mol. The molecule has 0 aromatic heterocycles. The fraction of sp³-hybridized carbons (Fsp3) is 0.949. The van der Waals surface area contributed by atoms with E-state index in [4.69, 9.17) is 47.4 Å². The molecule has 0 unspecified atom stereocenters. The summed E-state index contributed by atoms with van der Waals surface area (Å²) in [4.78, 5) is 15.2. The number of carbonyl (C=O) groups is 1. The number of allylic oxidation sites excluding steroid dienone is 2. The second-order valence-corrected chi connectivity index (χ2v) is 28.5. The van der Waals surface area contributed by atoms with Crippen molar-refractivity contribution in [1.82, 2.24) is 0 Å². The number of esters is 1. The van der Waals surface area contributed by atoms with E-state index in [1.807, 2.05) is 6.92 Å². The van der Waals surface area contributed by atoms with E-state index in [1.165, 1.54) is 19.4 Å². The van der Waals surface area contributed by atoms with Gasteiger partial charge in [-0.25, -0.2) is 0 Å². The quantitative estimate of drug-likeness (QED) is 0.0513. The number of aliphatic hydroxyl groups excluding tert-OH is 15. The molecule has 10 rings (SSSR count). The molecule has 26 nitrogen and oxygen atoms in total. The minimum atomic E-state index is -1.90. The Labute approximate surface area is 494 Å². The van der Waals surface area contributed by atoms with Gasteiger partial charge in [0.1, 0.15) is 104 Å². The summed E-state index contributed by atoms with van der Waals surface area (Å²) in [5, 5.41) is 163. The lowest BCUT2D eigenvalue weighted by Crippen LogP contribution is -2.67. The number of hydrogen-bond donors (Lipinski definition) is 15. The van der Waals surface area contributed by atoms with Crippen LogP contribution in [0.15, 0.2) is 11.6 Å². The maximum Gasteiger partial charge on any atom is 0.315 e. The predicted octanol–water partition coefficient (Wildman–Crippen LogP) is -2.54. The van der Waals surface area contributed by atoms with Crippen LogP contribution >= 0.6 is 0 Å². The highest BCUT2D eigenvalue weighted by molar-refractivity contribution is 5.79. The second kappa shape index (κ2) is 24.4. The van der Waals surface area contributed by atoms with Crippen LogP contribution in [0.2, 0.25) is 0 Å². The molecular formula is C59H96O26. The summed E-state index contributed by atoms with van der Waals surface area (Å²) in [5.74, 6) is -0.861. The highest BCUT2D eigenvalue weighted by Gasteiger charge is 2.71. The number of rotatable bonds is 13. The van der Waals surface area contributed by atoms with Gasteiger partial charge in [0.25, 0.3) is 0 Å². The van der Waals surface area contributed by atoms with E-state index in [2.05, 4.69) is 40.7 Å². The molecule has 26 heteroatoms. The van der Waals surface area contributed by atoms with Crippen molar-refractivity contribution >= 4 is 5.97 Å². The first-order chi connectivity index (χ1) is 39.8. The molecule has 85 heavy (non-hydrogen) atoms. The number of aliphatic hydroxyl groups is 15. The lowest BCUT2D eigenvalue weighted by Gasteiger charge is -2.71. The normalized spacial score (nSPS) is 55.3. The van der Waals surface area contributed by atoms with Gasteiger partial charge in [0.05, 0.1) is 50.2 Å². The topological polar surface area (TPSA) is 413 Å². The van der Waals surface area contributed by atoms with E-state index in [0.717, 1.165) is 12.8 Å². The van der Waals surface area contributed by atoms with Gasteiger partial charge < -0.3 is 124 Å². The van der Waals surface area contributed by atoms with Gasteiger partial charge in [0.15, 0.2) is 25.2 Å². The molecule has 0 bridgehead atoms. The second-order valence-electron chi connectivity index (χ2n) is 28.5. The molecule has 0 spiro atoms. The highest BCUT2D eigenvalue weighted by Crippen LogP contribution is 2.76. The van der Waals surface area contributed by atoms with Gasteiger partial charge in [0.2, 0.25) is 6.29 Å². The van der Waals surface area contributed by atoms with Crippen molar-refractivity contribution in [1.29, 1.82) is 0 Å². The average molecular weight is 1220 g/mol. The van der Waals surface area contributed by atoms with Crippen LogP contribution in [0.25, 0.3) is 0 Å².